The summed E-state index contributed by atoms with van der Waals surface area (Å²) in [5.41, 5.74) is -1.91. The van der Waals surface area contributed by atoms with Gasteiger partial charge in [-0.3, -0.25) is 4.79 Å². The van der Waals surface area contributed by atoms with Gasteiger partial charge in [0.1, 0.15) is 0 Å². The summed E-state index contributed by atoms with van der Waals surface area (Å²) in [5.74, 6) is 0. The summed E-state index contributed by atoms with van der Waals surface area (Å²) in [6.45, 7) is 0. The van der Waals surface area contributed by atoms with Crippen molar-refractivity contribution in [2.75, 3.05) is 0 Å². The average molecular weight is 277 g/mol. The maximum atomic E-state index is 12.4. The van der Waals surface area contributed by atoms with Gasteiger partial charge in [0.2, 0.25) is 0 Å². The highest BCUT2D eigenvalue weighted by molar-refractivity contribution is 6.49. The molecule has 0 heterocycles. The van der Waals surface area contributed by atoms with Crippen molar-refractivity contribution in [1.29, 1.82) is 0 Å². The number of alkyl halides is 3. The van der Waals surface area contributed by atoms with Crippen molar-refractivity contribution < 1.29 is 18.0 Å². The van der Waals surface area contributed by atoms with E-state index in [9.17, 15) is 18.0 Å². The highest BCUT2D eigenvalue weighted by Crippen LogP contribution is 2.40. The van der Waals surface area contributed by atoms with Crippen LogP contribution in [0.3, 0.4) is 0 Å². The number of carbonyl (C=O) groups excluding carboxylic acids is 1. The van der Waals surface area contributed by atoms with E-state index in [1.165, 1.54) is 0 Å². The molecule has 0 unspecified atom stereocenters. The van der Waals surface area contributed by atoms with E-state index < -0.39 is 22.3 Å². The van der Waals surface area contributed by atoms with E-state index in [-0.39, 0.29) is 16.3 Å². The van der Waals surface area contributed by atoms with E-state index in [2.05, 4.69) is 0 Å². The molecule has 1 aromatic rings. The molecule has 0 saturated carbocycles. The summed E-state index contributed by atoms with van der Waals surface area (Å²) < 4.78 is 37.2. The summed E-state index contributed by atoms with van der Waals surface area (Å²) in [7, 11) is 0. The monoisotopic (exact) mass is 276 g/mol. The van der Waals surface area contributed by atoms with Gasteiger partial charge in [-0.05, 0) is 6.07 Å². The molecule has 0 N–H and O–H groups in total. The Bertz CT molecular complexity index is 415. The minimum Gasteiger partial charge on any atom is -0.298 e. The number of carbonyl (C=O) groups is 1. The summed E-state index contributed by atoms with van der Waals surface area (Å²) in [4.78, 5) is 10.5. The molecule has 7 heteroatoms. The third-order valence-corrected chi connectivity index (χ3v) is 2.90. The van der Waals surface area contributed by atoms with Crippen molar-refractivity contribution in [3.8, 4) is 0 Å². The average Bonchev–Trinajstić information content (AvgIpc) is 2.12. The molecule has 0 bridgehead atoms. The van der Waals surface area contributed by atoms with Gasteiger partial charge in [0.25, 0.3) is 0 Å². The number of rotatable bonds is 1. The molecule has 0 saturated heterocycles. The molecule has 0 amide bonds. The van der Waals surface area contributed by atoms with Gasteiger partial charge in [-0.1, -0.05) is 34.8 Å². The predicted molar refractivity (Wildman–Crippen MR) is 51.9 cm³/mol. The largest absolute Gasteiger partial charge is 0.417 e. The Labute approximate surface area is 97.7 Å². The van der Waals surface area contributed by atoms with Gasteiger partial charge in [0.15, 0.2) is 6.29 Å². The zero-order chi connectivity index (χ0) is 11.8. The van der Waals surface area contributed by atoms with E-state index in [4.69, 9.17) is 34.8 Å². The molecule has 0 aromatic heterocycles. The predicted octanol–water partition coefficient (Wildman–Crippen LogP) is 4.48. The molecule has 15 heavy (non-hydrogen) atoms. The summed E-state index contributed by atoms with van der Waals surface area (Å²) >= 11 is 16.4. The number of hydrogen-bond donors (Lipinski definition) is 0. The fourth-order valence-electron chi connectivity index (χ4n) is 0.959. The molecule has 0 aliphatic rings. The fraction of sp³-hybridized carbons (Fsp3) is 0.125. The van der Waals surface area contributed by atoms with Crippen molar-refractivity contribution in [3.63, 3.8) is 0 Å². The molecule has 0 aliphatic carbocycles. The molecule has 1 aromatic carbocycles. The molecular formula is C8H2Cl3F3O. The van der Waals surface area contributed by atoms with Gasteiger partial charge in [-0.25, -0.2) is 0 Å². The molecule has 0 spiro atoms. The second-order valence-electron chi connectivity index (χ2n) is 2.56. The van der Waals surface area contributed by atoms with Crippen LogP contribution in [-0.2, 0) is 6.18 Å². The van der Waals surface area contributed by atoms with Crippen molar-refractivity contribution in [1.82, 2.24) is 0 Å². The zero-order valence-electron chi connectivity index (χ0n) is 6.83. The van der Waals surface area contributed by atoms with Gasteiger partial charge in [0.05, 0.1) is 20.6 Å². The molecule has 1 nitrogen and oxygen atoms in total. The van der Waals surface area contributed by atoms with Gasteiger partial charge in [0, 0.05) is 5.56 Å². The van der Waals surface area contributed by atoms with Crippen molar-refractivity contribution >= 4 is 41.1 Å². The topological polar surface area (TPSA) is 17.1 Å². The van der Waals surface area contributed by atoms with E-state index >= 15 is 0 Å². The lowest BCUT2D eigenvalue weighted by molar-refractivity contribution is -0.137. The first-order chi connectivity index (χ1) is 6.79. The lowest BCUT2D eigenvalue weighted by atomic mass is 10.1. The van der Waals surface area contributed by atoms with Crippen LogP contribution >= 0.6 is 34.8 Å². The van der Waals surface area contributed by atoms with Crippen LogP contribution in [0, 0.1) is 0 Å². The molecule has 0 fully saturated rings. The first-order valence-electron chi connectivity index (χ1n) is 3.49. The van der Waals surface area contributed by atoms with E-state index in [0.717, 1.165) is 0 Å². The summed E-state index contributed by atoms with van der Waals surface area (Å²) in [6, 6.07) is 0.569. The van der Waals surface area contributed by atoms with Crippen LogP contribution in [0.5, 0.6) is 0 Å². The number of halogens is 6. The number of benzene rings is 1. The normalized spacial score (nSPS) is 11.6. The Morgan fingerprint density at radius 2 is 1.67 bits per heavy atom. The fourth-order valence-corrected chi connectivity index (χ4v) is 1.62. The maximum Gasteiger partial charge on any atom is 0.417 e. The smallest absolute Gasteiger partial charge is 0.298 e. The molecule has 0 atom stereocenters. The van der Waals surface area contributed by atoms with Gasteiger partial charge >= 0.3 is 6.18 Å². The maximum absolute atomic E-state index is 12.4. The Morgan fingerprint density at radius 1 is 1.13 bits per heavy atom. The highest BCUT2D eigenvalue weighted by atomic mass is 35.5. The first-order valence-corrected chi connectivity index (χ1v) is 4.62. The van der Waals surface area contributed by atoms with Crippen LogP contribution in [0.25, 0.3) is 0 Å². The lowest BCUT2D eigenvalue weighted by Crippen LogP contribution is -2.09. The van der Waals surface area contributed by atoms with Crippen molar-refractivity contribution in [2.45, 2.75) is 6.18 Å². The minimum atomic E-state index is -4.70. The van der Waals surface area contributed by atoms with E-state index in [1.54, 1.807) is 0 Å². The molecule has 0 aliphatic heterocycles. The lowest BCUT2D eigenvalue weighted by Gasteiger charge is -2.12. The Balaban J connectivity index is 3.60. The number of aldehydes is 1. The van der Waals surface area contributed by atoms with Crippen LogP contribution in [0.1, 0.15) is 15.9 Å². The Morgan fingerprint density at radius 3 is 2.07 bits per heavy atom. The summed E-state index contributed by atoms with van der Waals surface area (Å²) in [6.07, 6.45) is -4.71. The highest BCUT2D eigenvalue weighted by Gasteiger charge is 2.35. The van der Waals surface area contributed by atoms with Crippen molar-refractivity contribution in [3.05, 3.63) is 32.3 Å². The number of hydrogen-bond acceptors (Lipinski definition) is 1. The van der Waals surface area contributed by atoms with Crippen molar-refractivity contribution in [2.24, 2.45) is 0 Å². The van der Waals surface area contributed by atoms with Crippen LogP contribution < -0.4 is 0 Å². The third kappa shape index (κ3) is 2.38. The molecule has 82 valence electrons. The van der Waals surface area contributed by atoms with Gasteiger partial charge < -0.3 is 0 Å². The summed E-state index contributed by atoms with van der Waals surface area (Å²) in [5, 5.41) is -1.11. The van der Waals surface area contributed by atoms with Crippen LogP contribution in [-0.4, -0.2) is 6.29 Å². The quantitative estimate of drug-likeness (QED) is 0.546. The molecular weight excluding hydrogens is 275 g/mol. The zero-order valence-corrected chi connectivity index (χ0v) is 9.10. The first kappa shape index (κ1) is 12.6. The minimum absolute atomic E-state index is 0.00658. The van der Waals surface area contributed by atoms with Gasteiger partial charge in [-0.15, -0.1) is 0 Å². The molecule has 1 rings (SSSR count). The standard InChI is InChI=1S/C8H2Cl3F3O/c9-5-1-4(8(12,13)14)3(2-15)6(10)7(5)11/h1-2H. The second-order valence-corrected chi connectivity index (χ2v) is 3.73. The van der Waals surface area contributed by atoms with Crippen LogP contribution in [0.2, 0.25) is 15.1 Å². The molecule has 0 radical (unpaired) electrons. The Hall–Kier alpha value is -0.450. The third-order valence-electron chi connectivity index (χ3n) is 1.62. The second kappa shape index (κ2) is 4.20. The SMILES string of the molecule is O=Cc1c(C(F)(F)F)cc(Cl)c(Cl)c1Cl. The van der Waals surface area contributed by atoms with E-state index in [1.807, 2.05) is 0 Å². The Kier molecular flexibility index (Phi) is 3.53. The van der Waals surface area contributed by atoms with E-state index in [0.29, 0.717) is 6.07 Å². The van der Waals surface area contributed by atoms with Crippen LogP contribution in [0.4, 0.5) is 13.2 Å². The van der Waals surface area contributed by atoms with Crippen LogP contribution in [0.15, 0.2) is 6.07 Å². The van der Waals surface area contributed by atoms with Gasteiger partial charge in [-0.2, -0.15) is 13.2 Å².